The molecule has 3 atom stereocenters. The van der Waals surface area contributed by atoms with Crippen molar-refractivity contribution in [3.8, 4) is 0 Å². The number of aliphatic imine (C=N–C) groups is 1. The lowest BCUT2D eigenvalue weighted by Gasteiger charge is -2.18. The van der Waals surface area contributed by atoms with Gasteiger partial charge >= 0.3 is 0 Å². The molecule has 1 amide bonds. The molecule has 9 heteroatoms. The second-order valence-electron chi connectivity index (χ2n) is 7.66. The predicted molar refractivity (Wildman–Crippen MR) is 122 cm³/mol. The molecule has 1 aromatic rings. The number of rotatable bonds is 5. The molecule has 7 nitrogen and oxygen atoms in total. The third-order valence-electron chi connectivity index (χ3n) is 5.06. The van der Waals surface area contributed by atoms with Gasteiger partial charge in [0, 0.05) is 17.4 Å². The van der Waals surface area contributed by atoms with E-state index in [2.05, 4.69) is 24.6 Å². The number of nitrogens with two attached hydrogens (primary N) is 3. The van der Waals surface area contributed by atoms with Crippen molar-refractivity contribution in [2.45, 2.75) is 63.1 Å². The van der Waals surface area contributed by atoms with Crippen LogP contribution in [0, 0.1) is 5.92 Å². The van der Waals surface area contributed by atoms with Crippen LogP contribution in [0.15, 0.2) is 33.8 Å². The molecule has 0 saturated heterocycles. The first-order chi connectivity index (χ1) is 14.3. The summed E-state index contributed by atoms with van der Waals surface area (Å²) >= 11 is 6.25. The number of hydrogen-bond donors (Lipinski definition) is 3. The van der Waals surface area contributed by atoms with Gasteiger partial charge in [-0.3, -0.25) is 9.00 Å². The molecule has 0 spiro atoms. The van der Waals surface area contributed by atoms with Crippen molar-refractivity contribution in [3.05, 3.63) is 34.5 Å². The quantitative estimate of drug-likeness (QED) is 0.357. The topological polar surface area (TPSA) is 134 Å². The molecule has 30 heavy (non-hydrogen) atoms. The highest BCUT2D eigenvalue weighted by molar-refractivity contribution is 7.85. The maximum absolute atomic E-state index is 12.3. The Labute approximate surface area is 185 Å². The van der Waals surface area contributed by atoms with Crippen molar-refractivity contribution in [2.75, 3.05) is 5.75 Å². The maximum atomic E-state index is 12.3. The van der Waals surface area contributed by atoms with Crippen LogP contribution in [-0.4, -0.2) is 34.4 Å². The number of carbonyl (C=O) groups is 1. The van der Waals surface area contributed by atoms with Crippen molar-refractivity contribution >= 4 is 40.3 Å². The van der Waals surface area contributed by atoms with Crippen LogP contribution in [0.2, 0.25) is 5.02 Å². The number of amidine groups is 1. The van der Waals surface area contributed by atoms with Gasteiger partial charge in [0.25, 0.3) is 0 Å². The molecule has 0 radical (unpaired) electrons. The Morgan fingerprint density at radius 1 is 1.33 bits per heavy atom. The highest BCUT2D eigenvalue weighted by atomic mass is 35.5. The third-order valence-corrected chi connectivity index (χ3v) is 7.06. The molecule has 3 unspecified atom stereocenters. The average Bonchev–Trinajstić information content (AvgIpc) is 3.12. The fourth-order valence-corrected chi connectivity index (χ4v) is 5.69. The Morgan fingerprint density at radius 2 is 2.03 bits per heavy atom. The number of amides is 1. The minimum absolute atomic E-state index is 0.229. The first-order valence-corrected chi connectivity index (χ1v) is 11.8. The lowest BCUT2D eigenvalue weighted by atomic mass is 10.0. The van der Waals surface area contributed by atoms with E-state index in [4.69, 9.17) is 32.6 Å². The van der Waals surface area contributed by atoms with Crippen LogP contribution in [0.25, 0.3) is 0 Å². The molecule has 1 aliphatic heterocycles. The number of halogens is 1. The Kier molecular flexibility index (Phi) is 9.33. The van der Waals surface area contributed by atoms with E-state index < -0.39 is 10.8 Å². The fraction of sp³-hybridized carbons (Fsp3) is 0.524. The summed E-state index contributed by atoms with van der Waals surface area (Å²) in [5, 5.41) is 0.540. The molecule has 1 heterocycles. The molecule has 1 aromatic carbocycles. The van der Waals surface area contributed by atoms with Gasteiger partial charge in [0.1, 0.15) is 5.84 Å². The minimum atomic E-state index is -1.07. The van der Waals surface area contributed by atoms with Gasteiger partial charge in [0.15, 0.2) is 0 Å². The Morgan fingerprint density at radius 3 is 2.70 bits per heavy atom. The third kappa shape index (κ3) is 6.55. The van der Waals surface area contributed by atoms with E-state index in [9.17, 15) is 4.21 Å². The normalized spacial score (nSPS) is 24.2. The second-order valence-corrected chi connectivity index (χ2v) is 9.58. The second kappa shape index (κ2) is 11.5. The molecule has 1 fully saturated rings. The monoisotopic (exact) mass is 454 g/mol. The number of benzene rings is 1. The van der Waals surface area contributed by atoms with Gasteiger partial charge in [-0.05, 0) is 69.7 Å². The van der Waals surface area contributed by atoms with Crippen LogP contribution < -0.4 is 17.2 Å². The van der Waals surface area contributed by atoms with Crippen LogP contribution in [-0.2, 0) is 26.8 Å². The summed E-state index contributed by atoms with van der Waals surface area (Å²) in [7, 11) is -1.07. The highest BCUT2D eigenvalue weighted by Crippen LogP contribution is 2.36. The molecule has 3 rings (SSSR count). The van der Waals surface area contributed by atoms with Crippen molar-refractivity contribution in [2.24, 2.45) is 28.1 Å². The molecular formula is C21H31ClN4O3S. The van der Waals surface area contributed by atoms with Crippen LogP contribution >= 0.6 is 11.6 Å². The lowest BCUT2D eigenvalue weighted by Crippen LogP contribution is -2.18. The lowest BCUT2D eigenvalue weighted by molar-refractivity contribution is -0.106. The molecule has 0 aromatic heterocycles. The van der Waals surface area contributed by atoms with Crippen molar-refractivity contribution in [3.63, 3.8) is 0 Å². The van der Waals surface area contributed by atoms with Crippen LogP contribution in [0.5, 0.6) is 0 Å². The van der Waals surface area contributed by atoms with Crippen LogP contribution in [0.4, 0.5) is 5.69 Å². The van der Waals surface area contributed by atoms with Gasteiger partial charge in [-0.25, -0.2) is 4.99 Å². The van der Waals surface area contributed by atoms with Gasteiger partial charge < -0.3 is 21.9 Å². The van der Waals surface area contributed by atoms with Crippen molar-refractivity contribution in [1.82, 2.24) is 0 Å². The predicted octanol–water partition coefficient (Wildman–Crippen LogP) is 2.92. The first kappa shape index (κ1) is 24.4. The number of ether oxygens (including phenoxy) is 1. The largest absolute Gasteiger partial charge is 0.402 e. The molecule has 0 bridgehead atoms. The average molecular weight is 455 g/mol. The number of carbonyl (C=O) groups excluding carboxylic acids is 1. The number of allylic oxidation sites excluding steroid dienone is 1. The van der Waals surface area contributed by atoms with Crippen molar-refractivity contribution < 1.29 is 13.7 Å². The van der Waals surface area contributed by atoms with Crippen LogP contribution in [0.1, 0.15) is 45.1 Å². The summed E-state index contributed by atoms with van der Waals surface area (Å²) in [4.78, 5) is 13.8. The van der Waals surface area contributed by atoms with E-state index in [-0.39, 0.29) is 24.5 Å². The van der Waals surface area contributed by atoms with Gasteiger partial charge in [-0.2, -0.15) is 0 Å². The zero-order chi connectivity index (χ0) is 22.3. The summed E-state index contributed by atoms with van der Waals surface area (Å²) < 4.78 is 18.2. The van der Waals surface area contributed by atoms with Crippen LogP contribution in [0.3, 0.4) is 0 Å². The zero-order valence-electron chi connectivity index (χ0n) is 17.5. The molecule has 166 valence electrons. The van der Waals surface area contributed by atoms with E-state index in [1.807, 2.05) is 6.07 Å². The fourth-order valence-electron chi connectivity index (χ4n) is 3.87. The molecule has 1 saturated carbocycles. The van der Waals surface area contributed by atoms with Crippen molar-refractivity contribution in [1.29, 1.82) is 0 Å². The number of primary amides is 1. The van der Waals surface area contributed by atoms with Gasteiger partial charge in [0.05, 0.1) is 38.6 Å². The minimum Gasteiger partial charge on any atom is -0.402 e. The molecule has 6 N–H and O–H groups in total. The smallest absolute Gasteiger partial charge is 0.204 e. The zero-order valence-corrected chi connectivity index (χ0v) is 19.0. The number of hydrogen-bond acceptors (Lipinski definition) is 5. The number of nitrogens with zero attached hydrogens (tertiary/aromatic N) is 1. The molecule has 1 aliphatic carbocycles. The van der Waals surface area contributed by atoms with E-state index in [1.54, 1.807) is 12.1 Å². The van der Waals surface area contributed by atoms with Gasteiger partial charge in [-0.15, -0.1) is 0 Å². The summed E-state index contributed by atoms with van der Waals surface area (Å²) in [5.41, 5.74) is 19.0. The summed E-state index contributed by atoms with van der Waals surface area (Å²) in [5.74, 6) is 1.28. The Balaban J connectivity index is 0.00000101. The van der Waals surface area contributed by atoms with E-state index in [0.29, 0.717) is 21.5 Å². The Bertz CT molecular complexity index is 842. The van der Waals surface area contributed by atoms with E-state index in [1.165, 1.54) is 0 Å². The van der Waals surface area contributed by atoms with Gasteiger partial charge in [0.2, 0.25) is 6.41 Å². The number of fused-ring (bicyclic) bond motifs is 1. The maximum Gasteiger partial charge on any atom is 0.204 e. The summed E-state index contributed by atoms with van der Waals surface area (Å²) in [6.07, 6.45) is 7.11. The van der Waals surface area contributed by atoms with E-state index >= 15 is 0 Å². The first-order valence-electron chi connectivity index (χ1n) is 10.1. The highest BCUT2D eigenvalue weighted by Gasteiger charge is 2.27. The Hall–Kier alpha value is -1.90. The SMILES string of the molecule is CC(C)OC1CCC(/C(N)=C/C(N)=Nc2ccc(Cl)c3c2CCCS3=O)C1.NC=O. The van der Waals surface area contributed by atoms with Gasteiger partial charge in [-0.1, -0.05) is 11.6 Å². The summed E-state index contributed by atoms with van der Waals surface area (Å²) in [6.45, 7) is 4.11. The standard InChI is InChI=1S/C20H28ClN3O2S.CH3NO/c1-12(2)26-14-6-5-13(10-14)17(22)11-19(23)24-18-8-7-16(21)20-15(18)4-3-9-27(20)25;2-1-3/h7-8,11-14H,3-6,9-10,22H2,1-2H3,(H2,23,24);1H,(H2,2,3)/b17-11-;. The van der Waals surface area contributed by atoms with E-state index in [0.717, 1.165) is 49.1 Å². The molecular weight excluding hydrogens is 424 g/mol. The summed E-state index contributed by atoms with van der Waals surface area (Å²) in [6, 6.07) is 3.58. The molecule has 2 aliphatic rings.